The van der Waals surface area contributed by atoms with Gasteiger partial charge in [-0.1, -0.05) is 11.6 Å². The number of nitrogens with zero attached hydrogens (tertiary/aromatic N) is 2. The summed E-state index contributed by atoms with van der Waals surface area (Å²) in [5.74, 6) is 0.694. The maximum atomic E-state index is 6.16. The van der Waals surface area contributed by atoms with Gasteiger partial charge in [0.05, 0.1) is 23.7 Å². The molecule has 2 N–H and O–H groups in total. The molecule has 2 heterocycles. The topological polar surface area (TPSA) is 53.1 Å². The van der Waals surface area contributed by atoms with Crippen LogP contribution in [0.25, 0.3) is 0 Å². The minimum Gasteiger partial charge on any atom is -0.493 e. The average molecular weight is 258 g/mol. The van der Waals surface area contributed by atoms with Gasteiger partial charge in [0, 0.05) is 11.9 Å². The van der Waals surface area contributed by atoms with E-state index >= 15 is 0 Å². The van der Waals surface area contributed by atoms with Crippen LogP contribution in [0.1, 0.15) is 16.6 Å². The number of methoxy groups -OCH3 is 1. The molecule has 0 aliphatic rings. The minimum absolute atomic E-state index is 0.264. The molecule has 0 radical (unpaired) electrons. The van der Waals surface area contributed by atoms with Crippen LogP contribution < -0.4 is 10.5 Å². The van der Waals surface area contributed by atoms with Crippen LogP contribution in [-0.2, 0) is 7.05 Å². The Bertz CT molecular complexity index is 494. The standard InChI is InChI=1S/C10H12ClN3OS/c1-14-10(6(15-2)5-13-14)9(12)7-3-4-8(11)16-7/h3-5,9H,12H2,1-2H3. The van der Waals surface area contributed by atoms with Crippen molar-refractivity contribution in [1.82, 2.24) is 9.78 Å². The molecule has 16 heavy (non-hydrogen) atoms. The van der Waals surface area contributed by atoms with E-state index in [1.807, 2.05) is 19.2 Å². The minimum atomic E-state index is -0.264. The average Bonchev–Trinajstić information content (AvgIpc) is 2.83. The van der Waals surface area contributed by atoms with E-state index in [9.17, 15) is 0 Å². The van der Waals surface area contributed by atoms with E-state index in [0.717, 1.165) is 14.9 Å². The Balaban J connectivity index is 2.40. The fraction of sp³-hybridized carbons (Fsp3) is 0.300. The van der Waals surface area contributed by atoms with Crippen molar-refractivity contribution in [3.63, 3.8) is 0 Å². The van der Waals surface area contributed by atoms with Crippen molar-refractivity contribution in [3.05, 3.63) is 33.2 Å². The van der Waals surface area contributed by atoms with Crippen LogP contribution in [0.2, 0.25) is 4.34 Å². The number of ether oxygens (including phenoxy) is 1. The van der Waals surface area contributed by atoms with Crippen LogP contribution in [0.3, 0.4) is 0 Å². The third-order valence-corrected chi connectivity index (χ3v) is 3.68. The number of hydrogen-bond acceptors (Lipinski definition) is 4. The van der Waals surface area contributed by atoms with Gasteiger partial charge in [0.1, 0.15) is 5.69 Å². The molecule has 0 saturated heterocycles. The van der Waals surface area contributed by atoms with E-state index < -0.39 is 0 Å². The van der Waals surface area contributed by atoms with Crippen molar-refractivity contribution in [1.29, 1.82) is 0 Å². The first-order valence-corrected chi connectivity index (χ1v) is 5.89. The summed E-state index contributed by atoms with van der Waals surface area (Å²) in [6, 6.07) is 3.49. The van der Waals surface area contributed by atoms with Gasteiger partial charge in [-0.3, -0.25) is 4.68 Å². The molecule has 2 aromatic heterocycles. The Morgan fingerprint density at radius 1 is 1.56 bits per heavy atom. The predicted octanol–water partition coefficient (Wildman–Crippen LogP) is 2.19. The molecule has 1 atom stereocenters. The molecule has 6 heteroatoms. The number of rotatable bonds is 3. The van der Waals surface area contributed by atoms with Gasteiger partial charge in [-0.15, -0.1) is 11.3 Å². The maximum Gasteiger partial charge on any atom is 0.161 e. The smallest absolute Gasteiger partial charge is 0.161 e. The molecular weight excluding hydrogens is 246 g/mol. The van der Waals surface area contributed by atoms with Crippen molar-refractivity contribution in [2.75, 3.05) is 7.11 Å². The molecule has 4 nitrogen and oxygen atoms in total. The molecule has 2 rings (SSSR count). The Hall–Kier alpha value is -1.04. The van der Waals surface area contributed by atoms with Gasteiger partial charge >= 0.3 is 0 Å². The molecular formula is C10H12ClN3OS. The molecule has 0 aromatic carbocycles. The first-order valence-electron chi connectivity index (χ1n) is 4.70. The second-order valence-corrected chi connectivity index (χ2v) is 5.09. The summed E-state index contributed by atoms with van der Waals surface area (Å²) < 4.78 is 7.67. The van der Waals surface area contributed by atoms with E-state index in [1.165, 1.54) is 11.3 Å². The van der Waals surface area contributed by atoms with Gasteiger partial charge in [-0.2, -0.15) is 5.10 Å². The lowest BCUT2D eigenvalue weighted by Crippen LogP contribution is -2.15. The largest absolute Gasteiger partial charge is 0.493 e. The number of thiophene rings is 1. The van der Waals surface area contributed by atoms with Crippen LogP contribution in [0.15, 0.2) is 18.3 Å². The van der Waals surface area contributed by atoms with Gasteiger partial charge < -0.3 is 10.5 Å². The summed E-state index contributed by atoms with van der Waals surface area (Å²) in [5, 5.41) is 4.12. The van der Waals surface area contributed by atoms with Gasteiger partial charge in [-0.25, -0.2) is 0 Å². The summed E-state index contributed by atoms with van der Waals surface area (Å²) in [4.78, 5) is 0.993. The van der Waals surface area contributed by atoms with Crippen LogP contribution in [0.4, 0.5) is 0 Å². The zero-order valence-corrected chi connectivity index (χ0v) is 10.5. The summed E-state index contributed by atoms with van der Waals surface area (Å²) in [6.45, 7) is 0. The molecule has 0 bridgehead atoms. The van der Waals surface area contributed by atoms with Crippen molar-refractivity contribution < 1.29 is 4.74 Å². The highest BCUT2D eigenvalue weighted by Crippen LogP contribution is 2.33. The van der Waals surface area contributed by atoms with E-state index in [-0.39, 0.29) is 6.04 Å². The van der Waals surface area contributed by atoms with E-state index in [2.05, 4.69) is 5.10 Å². The molecule has 0 aliphatic carbocycles. The van der Waals surface area contributed by atoms with Gasteiger partial charge in [0.2, 0.25) is 0 Å². The fourth-order valence-electron chi connectivity index (χ4n) is 1.57. The van der Waals surface area contributed by atoms with E-state index in [4.69, 9.17) is 22.1 Å². The number of aryl methyl sites for hydroxylation is 1. The molecule has 0 spiro atoms. The van der Waals surface area contributed by atoms with Gasteiger partial charge in [-0.05, 0) is 12.1 Å². The summed E-state index contributed by atoms with van der Waals surface area (Å²) >= 11 is 7.35. The summed E-state index contributed by atoms with van der Waals surface area (Å²) in [5.41, 5.74) is 7.01. The Kier molecular flexibility index (Phi) is 3.18. The molecule has 1 unspecified atom stereocenters. The number of halogens is 1. The normalized spacial score (nSPS) is 12.8. The zero-order chi connectivity index (χ0) is 11.7. The SMILES string of the molecule is COc1cnn(C)c1C(N)c1ccc(Cl)s1. The Morgan fingerprint density at radius 2 is 2.31 bits per heavy atom. The number of aromatic nitrogens is 2. The Labute approximate surface area is 103 Å². The molecule has 0 aliphatic heterocycles. The van der Waals surface area contributed by atoms with Gasteiger partial charge in [0.15, 0.2) is 5.75 Å². The first-order chi connectivity index (χ1) is 7.63. The highest BCUT2D eigenvalue weighted by atomic mass is 35.5. The molecule has 0 amide bonds. The van der Waals surface area contributed by atoms with Crippen molar-refractivity contribution in [2.24, 2.45) is 12.8 Å². The first kappa shape index (κ1) is 11.4. The fourth-order valence-corrected chi connectivity index (χ4v) is 2.64. The van der Waals surface area contributed by atoms with Crippen molar-refractivity contribution in [3.8, 4) is 5.75 Å². The highest BCUT2D eigenvalue weighted by molar-refractivity contribution is 7.16. The quantitative estimate of drug-likeness (QED) is 0.917. The van der Waals surface area contributed by atoms with Gasteiger partial charge in [0.25, 0.3) is 0 Å². The second-order valence-electron chi connectivity index (χ2n) is 3.34. The lowest BCUT2D eigenvalue weighted by atomic mass is 10.2. The van der Waals surface area contributed by atoms with Crippen LogP contribution in [0, 0.1) is 0 Å². The Morgan fingerprint density at radius 3 is 2.88 bits per heavy atom. The monoisotopic (exact) mass is 257 g/mol. The molecule has 0 fully saturated rings. The maximum absolute atomic E-state index is 6.16. The van der Waals surface area contributed by atoms with Crippen LogP contribution in [0.5, 0.6) is 5.75 Å². The second kappa shape index (κ2) is 4.45. The van der Waals surface area contributed by atoms with Crippen LogP contribution in [-0.4, -0.2) is 16.9 Å². The third-order valence-electron chi connectivity index (χ3n) is 2.36. The molecule has 2 aromatic rings. The molecule has 0 saturated carbocycles. The third kappa shape index (κ3) is 1.93. The van der Waals surface area contributed by atoms with Crippen molar-refractivity contribution >= 4 is 22.9 Å². The summed E-state index contributed by atoms with van der Waals surface area (Å²) in [7, 11) is 3.45. The van der Waals surface area contributed by atoms with Crippen LogP contribution >= 0.6 is 22.9 Å². The number of nitrogens with two attached hydrogens (primary N) is 1. The van der Waals surface area contributed by atoms with E-state index in [1.54, 1.807) is 18.0 Å². The predicted molar refractivity (Wildman–Crippen MR) is 65.1 cm³/mol. The van der Waals surface area contributed by atoms with E-state index in [0.29, 0.717) is 5.75 Å². The summed E-state index contributed by atoms with van der Waals surface area (Å²) in [6.07, 6.45) is 1.66. The van der Waals surface area contributed by atoms with Crippen molar-refractivity contribution in [2.45, 2.75) is 6.04 Å². The number of hydrogen-bond donors (Lipinski definition) is 1. The highest BCUT2D eigenvalue weighted by Gasteiger charge is 2.20. The lowest BCUT2D eigenvalue weighted by Gasteiger charge is -2.11. The molecule has 86 valence electrons. The lowest BCUT2D eigenvalue weighted by molar-refractivity contribution is 0.406. The zero-order valence-electron chi connectivity index (χ0n) is 8.98.